The van der Waals surface area contributed by atoms with Crippen LogP contribution in [-0.2, 0) is 24.1 Å². The Morgan fingerprint density at radius 2 is 1.88 bits per heavy atom. The summed E-state index contributed by atoms with van der Waals surface area (Å²) in [5.41, 5.74) is 4.10. The van der Waals surface area contributed by atoms with Crippen LogP contribution in [0, 0.1) is 11.6 Å². The molecule has 0 fully saturated rings. The monoisotopic (exact) mass is 484 g/mol. The molecule has 2 aromatic rings. The van der Waals surface area contributed by atoms with Gasteiger partial charge in [0, 0.05) is 18.7 Å². The summed E-state index contributed by atoms with van der Waals surface area (Å²) in [5, 5.41) is 16.9. The van der Waals surface area contributed by atoms with E-state index in [1.165, 1.54) is 28.8 Å². The van der Waals surface area contributed by atoms with Crippen molar-refractivity contribution >= 4 is 29.1 Å². The summed E-state index contributed by atoms with van der Waals surface area (Å²) in [7, 11) is 0. The van der Waals surface area contributed by atoms with Gasteiger partial charge in [0.2, 0.25) is 0 Å². The third-order valence-electron chi connectivity index (χ3n) is 5.87. The van der Waals surface area contributed by atoms with Crippen LogP contribution in [0.2, 0.25) is 0 Å². The van der Waals surface area contributed by atoms with Crippen molar-refractivity contribution in [3.63, 3.8) is 0 Å². The molecule has 3 rings (SSSR count). The predicted octanol–water partition coefficient (Wildman–Crippen LogP) is 4.39. The first-order chi connectivity index (χ1) is 15.3. The second-order valence-electron chi connectivity index (χ2n) is 8.20. The molecule has 2 unspecified atom stereocenters. The number of hydrogen-bond acceptors (Lipinski definition) is 3. The molecule has 1 amide bonds. The Hall–Kier alpha value is -1.73. The van der Waals surface area contributed by atoms with Crippen LogP contribution < -0.4 is 10.6 Å². The molecule has 8 heteroatoms. The van der Waals surface area contributed by atoms with Crippen LogP contribution in [0.3, 0.4) is 0 Å². The molecule has 0 radical (unpaired) electrons. The van der Waals surface area contributed by atoms with Gasteiger partial charge in [0.05, 0.1) is 12.1 Å². The minimum atomic E-state index is -1.32. The van der Waals surface area contributed by atoms with Crippen LogP contribution in [0.4, 0.5) is 8.78 Å². The summed E-state index contributed by atoms with van der Waals surface area (Å²) >= 11 is 11.3. The Balaban J connectivity index is 1.72. The molecule has 32 heavy (non-hydrogen) atoms. The van der Waals surface area contributed by atoms with Gasteiger partial charge in [-0.1, -0.05) is 48.3 Å². The SMILES string of the molecule is CCc1ccc2c(c1)[C@@H](NCC(O)C(Cc1cc(F)cc(F)c1)NC(=O)C(Cl)Cl)CCC2. The van der Waals surface area contributed by atoms with E-state index in [2.05, 4.69) is 35.8 Å². The van der Waals surface area contributed by atoms with Crippen LogP contribution in [0.15, 0.2) is 36.4 Å². The summed E-state index contributed by atoms with van der Waals surface area (Å²) in [6.07, 6.45) is 2.93. The van der Waals surface area contributed by atoms with Gasteiger partial charge in [0.15, 0.2) is 4.84 Å². The molecule has 174 valence electrons. The number of alkyl halides is 2. The third kappa shape index (κ3) is 6.64. The number of aliphatic hydroxyl groups is 1. The fourth-order valence-corrected chi connectivity index (χ4v) is 4.32. The maximum Gasteiger partial charge on any atom is 0.253 e. The number of carbonyl (C=O) groups is 1. The number of halogens is 4. The lowest BCUT2D eigenvalue weighted by atomic mass is 9.86. The van der Waals surface area contributed by atoms with Gasteiger partial charge in [-0.15, -0.1) is 0 Å². The number of hydrogen-bond donors (Lipinski definition) is 3. The Bertz CT molecular complexity index is 922. The number of carbonyl (C=O) groups excluding carboxylic acids is 1. The second kappa shape index (κ2) is 11.4. The number of benzene rings is 2. The zero-order valence-electron chi connectivity index (χ0n) is 17.9. The quantitative estimate of drug-likeness (QED) is 0.462. The normalized spacial score (nSPS) is 17.7. The topological polar surface area (TPSA) is 61.4 Å². The average Bonchev–Trinajstić information content (AvgIpc) is 2.75. The fraction of sp³-hybridized carbons (Fsp3) is 0.458. The molecular weight excluding hydrogens is 457 g/mol. The average molecular weight is 485 g/mol. The number of amides is 1. The Morgan fingerprint density at radius 1 is 1.16 bits per heavy atom. The van der Waals surface area contributed by atoms with E-state index < -0.39 is 34.5 Å². The summed E-state index contributed by atoms with van der Waals surface area (Å²) in [4.78, 5) is 10.7. The molecule has 1 aliphatic rings. The Kier molecular flexibility index (Phi) is 8.88. The smallest absolute Gasteiger partial charge is 0.253 e. The molecular formula is C24H28Cl2F2N2O2. The highest BCUT2D eigenvalue weighted by Crippen LogP contribution is 2.30. The van der Waals surface area contributed by atoms with E-state index >= 15 is 0 Å². The number of nitrogens with one attached hydrogen (secondary N) is 2. The largest absolute Gasteiger partial charge is 0.390 e. The van der Waals surface area contributed by atoms with Gasteiger partial charge in [0.25, 0.3) is 5.91 Å². The molecule has 0 aliphatic heterocycles. The maximum atomic E-state index is 13.6. The van der Waals surface area contributed by atoms with E-state index in [1.807, 2.05) is 0 Å². The zero-order valence-corrected chi connectivity index (χ0v) is 19.4. The van der Waals surface area contributed by atoms with Crippen molar-refractivity contribution in [1.82, 2.24) is 10.6 Å². The summed E-state index contributed by atoms with van der Waals surface area (Å²) in [6, 6.07) is 8.88. The van der Waals surface area contributed by atoms with E-state index in [4.69, 9.17) is 23.2 Å². The van der Waals surface area contributed by atoms with Crippen molar-refractivity contribution < 1.29 is 18.7 Å². The van der Waals surface area contributed by atoms with Crippen molar-refractivity contribution in [3.05, 3.63) is 70.3 Å². The molecule has 0 bridgehead atoms. The minimum Gasteiger partial charge on any atom is -0.390 e. The van der Waals surface area contributed by atoms with Gasteiger partial charge in [-0.25, -0.2) is 8.78 Å². The zero-order chi connectivity index (χ0) is 23.3. The predicted molar refractivity (Wildman–Crippen MR) is 123 cm³/mol. The number of aryl methyl sites for hydroxylation is 2. The second-order valence-corrected chi connectivity index (χ2v) is 9.30. The van der Waals surface area contributed by atoms with Crippen molar-refractivity contribution in [3.8, 4) is 0 Å². The number of rotatable bonds is 9. The van der Waals surface area contributed by atoms with E-state index in [0.29, 0.717) is 5.56 Å². The highest BCUT2D eigenvalue weighted by molar-refractivity contribution is 6.53. The van der Waals surface area contributed by atoms with Gasteiger partial charge in [0.1, 0.15) is 11.6 Å². The van der Waals surface area contributed by atoms with E-state index in [-0.39, 0.29) is 19.0 Å². The molecule has 0 aromatic heterocycles. The van der Waals surface area contributed by atoms with Gasteiger partial charge in [-0.3, -0.25) is 4.79 Å². The molecule has 0 saturated carbocycles. The first-order valence-corrected chi connectivity index (χ1v) is 11.7. The van der Waals surface area contributed by atoms with Crippen LogP contribution in [0.25, 0.3) is 0 Å². The first-order valence-electron chi connectivity index (χ1n) is 10.8. The summed E-state index contributed by atoms with van der Waals surface area (Å²) in [5.74, 6) is -2.13. The molecule has 3 atom stereocenters. The van der Waals surface area contributed by atoms with Crippen molar-refractivity contribution in [2.45, 2.75) is 62.1 Å². The summed E-state index contributed by atoms with van der Waals surface area (Å²) in [6.45, 7) is 2.29. The van der Waals surface area contributed by atoms with E-state index in [0.717, 1.165) is 31.7 Å². The molecule has 0 spiro atoms. The minimum absolute atomic E-state index is 0.0189. The highest BCUT2D eigenvalue weighted by Gasteiger charge is 2.27. The lowest BCUT2D eigenvalue weighted by Gasteiger charge is -2.30. The molecule has 3 N–H and O–H groups in total. The van der Waals surface area contributed by atoms with Crippen LogP contribution in [-0.4, -0.2) is 34.5 Å². The molecule has 4 nitrogen and oxygen atoms in total. The maximum absolute atomic E-state index is 13.6. The first kappa shape index (κ1) is 24.9. The lowest BCUT2D eigenvalue weighted by molar-refractivity contribution is -0.121. The lowest BCUT2D eigenvalue weighted by Crippen LogP contribution is -2.50. The van der Waals surface area contributed by atoms with Crippen LogP contribution >= 0.6 is 23.2 Å². The van der Waals surface area contributed by atoms with Crippen LogP contribution in [0.1, 0.15) is 48.1 Å². The molecule has 0 saturated heterocycles. The van der Waals surface area contributed by atoms with Crippen LogP contribution in [0.5, 0.6) is 0 Å². The fourth-order valence-electron chi connectivity index (χ4n) is 4.20. The highest BCUT2D eigenvalue weighted by atomic mass is 35.5. The number of aliphatic hydroxyl groups excluding tert-OH is 1. The van der Waals surface area contributed by atoms with Crippen molar-refractivity contribution in [1.29, 1.82) is 0 Å². The van der Waals surface area contributed by atoms with Gasteiger partial charge in [-0.05, 0) is 66.5 Å². The molecule has 1 aliphatic carbocycles. The van der Waals surface area contributed by atoms with Crippen molar-refractivity contribution in [2.75, 3.05) is 6.54 Å². The standard InChI is InChI=1S/C24H28Cl2F2N2O2/c1-2-14-6-7-16-4-3-5-20(19(16)10-14)29-13-22(31)21(30-24(32)23(25)26)11-15-8-17(27)12-18(28)9-15/h6-10,12,20-23,29,31H,2-5,11,13H2,1H3,(H,30,32)/t20-,21?,22?/m0/s1. The Morgan fingerprint density at radius 3 is 2.53 bits per heavy atom. The number of fused-ring (bicyclic) bond motifs is 1. The van der Waals surface area contributed by atoms with Gasteiger partial charge >= 0.3 is 0 Å². The van der Waals surface area contributed by atoms with Gasteiger partial charge < -0.3 is 15.7 Å². The summed E-state index contributed by atoms with van der Waals surface area (Å²) < 4.78 is 27.2. The van der Waals surface area contributed by atoms with E-state index in [1.54, 1.807) is 0 Å². The third-order valence-corrected chi connectivity index (χ3v) is 6.27. The van der Waals surface area contributed by atoms with E-state index in [9.17, 15) is 18.7 Å². The van der Waals surface area contributed by atoms with Gasteiger partial charge in [-0.2, -0.15) is 0 Å². The Labute approximate surface area is 197 Å². The molecule has 2 aromatic carbocycles. The molecule has 0 heterocycles. The van der Waals surface area contributed by atoms with Crippen molar-refractivity contribution in [2.24, 2.45) is 0 Å².